The fourth-order valence-corrected chi connectivity index (χ4v) is 3.55. The lowest BCUT2D eigenvalue weighted by atomic mass is 9.97. The number of likely N-dealkylation sites (tertiary alicyclic amines) is 1. The van der Waals surface area contributed by atoms with E-state index in [-0.39, 0.29) is 30.0 Å². The van der Waals surface area contributed by atoms with Crippen LogP contribution in [0.2, 0.25) is 0 Å². The zero-order chi connectivity index (χ0) is 19.6. The van der Waals surface area contributed by atoms with E-state index in [0.29, 0.717) is 5.92 Å². The highest BCUT2D eigenvalue weighted by atomic mass is 127. The molecule has 1 atom stereocenters. The summed E-state index contributed by atoms with van der Waals surface area (Å²) < 4.78 is 10.7. The van der Waals surface area contributed by atoms with E-state index in [1.807, 2.05) is 13.1 Å². The summed E-state index contributed by atoms with van der Waals surface area (Å²) in [7, 11) is 5.30. The lowest BCUT2D eigenvalue weighted by Crippen LogP contribution is -2.44. The van der Waals surface area contributed by atoms with Crippen LogP contribution in [-0.4, -0.2) is 64.9 Å². The molecule has 160 valence electrons. The average Bonchev–Trinajstić information content (AvgIpc) is 2.70. The van der Waals surface area contributed by atoms with Gasteiger partial charge in [-0.2, -0.15) is 0 Å². The number of halogens is 1. The number of nitrogens with zero attached hydrogens (tertiary/aromatic N) is 2. The zero-order valence-corrected chi connectivity index (χ0v) is 20.3. The van der Waals surface area contributed by atoms with Gasteiger partial charge in [-0.05, 0) is 51.8 Å². The third kappa shape index (κ3) is 7.75. The molecular weight excluding hydrogens is 467 g/mol. The number of rotatable bonds is 8. The van der Waals surface area contributed by atoms with Gasteiger partial charge in [0, 0.05) is 32.8 Å². The van der Waals surface area contributed by atoms with E-state index in [9.17, 15) is 0 Å². The zero-order valence-electron chi connectivity index (χ0n) is 18.0. The summed E-state index contributed by atoms with van der Waals surface area (Å²) in [5.41, 5.74) is 2.37. The summed E-state index contributed by atoms with van der Waals surface area (Å²) in [6.45, 7) is 9.35. The Bertz CT molecular complexity index is 604. The van der Waals surface area contributed by atoms with Crippen molar-refractivity contribution in [3.63, 3.8) is 0 Å². The van der Waals surface area contributed by atoms with Gasteiger partial charge in [0.2, 0.25) is 0 Å². The fraction of sp³-hybridized carbons (Fsp3) is 0.667. The molecule has 7 heteroatoms. The van der Waals surface area contributed by atoms with Gasteiger partial charge in [0.15, 0.2) is 5.96 Å². The molecule has 1 aromatic rings. The number of ether oxygens (including phenoxy) is 2. The average molecular weight is 504 g/mol. The highest BCUT2D eigenvalue weighted by Crippen LogP contribution is 2.26. The maximum atomic E-state index is 5.52. The van der Waals surface area contributed by atoms with Gasteiger partial charge in [-0.1, -0.05) is 17.7 Å². The van der Waals surface area contributed by atoms with Crippen molar-refractivity contribution >= 4 is 29.9 Å². The van der Waals surface area contributed by atoms with Crippen LogP contribution in [0.1, 0.15) is 36.9 Å². The van der Waals surface area contributed by atoms with E-state index in [1.165, 1.54) is 18.4 Å². The van der Waals surface area contributed by atoms with E-state index in [2.05, 4.69) is 46.5 Å². The van der Waals surface area contributed by atoms with Crippen molar-refractivity contribution in [2.45, 2.75) is 32.7 Å². The molecule has 1 saturated heterocycles. The predicted molar refractivity (Wildman–Crippen MR) is 127 cm³/mol. The Labute approximate surface area is 187 Å². The first-order valence-electron chi connectivity index (χ1n) is 9.90. The molecule has 0 bridgehead atoms. The van der Waals surface area contributed by atoms with Crippen molar-refractivity contribution in [2.75, 3.05) is 54.1 Å². The van der Waals surface area contributed by atoms with Gasteiger partial charge in [-0.25, -0.2) is 0 Å². The molecule has 0 spiro atoms. The Hall–Kier alpha value is -1.06. The molecule has 1 aliphatic heterocycles. The van der Waals surface area contributed by atoms with Gasteiger partial charge in [0.05, 0.1) is 19.8 Å². The number of piperidine rings is 1. The van der Waals surface area contributed by atoms with Gasteiger partial charge in [-0.15, -0.1) is 24.0 Å². The molecular formula is C21H37IN4O2. The Kier molecular flexibility index (Phi) is 11.8. The van der Waals surface area contributed by atoms with Crippen LogP contribution in [0.5, 0.6) is 5.75 Å². The molecule has 1 aromatic carbocycles. The lowest BCUT2D eigenvalue weighted by molar-refractivity contribution is 0.121. The fourth-order valence-electron chi connectivity index (χ4n) is 3.55. The molecule has 0 aromatic heterocycles. The Balaban J connectivity index is 0.00000392. The van der Waals surface area contributed by atoms with Gasteiger partial charge in [0.25, 0.3) is 0 Å². The van der Waals surface area contributed by atoms with Crippen LogP contribution in [0.25, 0.3) is 0 Å². The molecule has 1 heterocycles. The summed E-state index contributed by atoms with van der Waals surface area (Å²) in [5, 5.41) is 7.00. The summed E-state index contributed by atoms with van der Waals surface area (Å²) in [6, 6.07) is 6.37. The van der Waals surface area contributed by atoms with Crippen LogP contribution in [0.4, 0.5) is 0 Å². The van der Waals surface area contributed by atoms with E-state index < -0.39 is 0 Å². The second-order valence-electron chi connectivity index (χ2n) is 7.34. The molecule has 1 fully saturated rings. The molecule has 1 unspecified atom stereocenters. The number of aliphatic imine (C=N–C) groups is 1. The molecule has 28 heavy (non-hydrogen) atoms. The first-order chi connectivity index (χ1) is 13.1. The van der Waals surface area contributed by atoms with Crippen molar-refractivity contribution < 1.29 is 9.47 Å². The van der Waals surface area contributed by atoms with Crippen LogP contribution in [0.15, 0.2) is 23.2 Å². The smallest absolute Gasteiger partial charge is 0.191 e. The van der Waals surface area contributed by atoms with Crippen molar-refractivity contribution in [1.29, 1.82) is 0 Å². The molecule has 1 aliphatic rings. The summed E-state index contributed by atoms with van der Waals surface area (Å²) in [5.74, 6) is 2.43. The van der Waals surface area contributed by atoms with Crippen molar-refractivity contribution in [2.24, 2.45) is 10.9 Å². The normalized spacial score (nSPS) is 17.0. The largest absolute Gasteiger partial charge is 0.496 e. The predicted octanol–water partition coefficient (Wildman–Crippen LogP) is 3.21. The quantitative estimate of drug-likeness (QED) is 0.324. The van der Waals surface area contributed by atoms with Crippen LogP contribution < -0.4 is 15.4 Å². The third-order valence-electron chi connectivity index (χ3n) is 5.31. The van der Waals surface area contributed by atoms with E-state index in [0.717, 1.165) is 50.1 Å². The van der Waals surface area contributed by atoms with Crippen molar-refractivity contribution in [1.82, 2.24) is 15.5 Å². The first-order valence-corrected chi connectivity index (χ1v) is 9.90. The van der Waals surface area contributed by atoms with E-state index in [1.54, 1.807) is 14.2 Å². The SMILES string of the molecule is CN=C(NCC1CCN(CCOC)CC1)NC(C)c1cc(C)ccc1OC.I. The lowest BCUT2D eigenvalue weighted by Gasteiger charge is -2.32. The van der Waals surface area contributed by atoms with E-state index >= 15 is 0 Å². The highest BCUT2D eigenvalue weighted by molar-refractivity contribution is 14.0. The minimum atomic E-state index is 0. The number of hydrogen-bond donors (Lipinski definition) is 2. The van der Waals surface area contributed by atoms with Gasteiger partial charge in [0.1, 0.15) is 5.75 Å². The van der Waals surface area contributed by atoms with Gasteiger partial charge < -0.3 is 25.0 Å². The summed E-state index contributed by atoms with van der Waals surface area (Å²) >= 11 is 0. The number of guanidine groups is 1. The molecule has 0 saturated carbocycles. The summed E-state index contributed by atoms with van der Waals surface area (Å²) in [4.78, 5) is 6.88. The molecule has 0 radical (unpaired) electrons. The standard InChI is InChI=1S/C21H36N4O2.HI/c1-16-6-7-20(27-5)19(14-16)17(2)24-21(22-3)23-15-18-8-10-25(11-9-18)12-13-26-4;/h6-7,14,17-18H,8-13,15H2,1-5H3,(H2,22,23,24);1H. The topological polar surface area (TPSA) is 58.1 Å². The maximum absolute atomic E-state index is 5.52. The molecule has 2 N–H and O–H groups in total. The number of nitrogens with one attached hydrogen (secondary N) is 2. The number of benzene rings is 1. The maximum Gasteiger partial charge on any atom is 0.191 e. The minimum Gasteiger partial charge on any atom is -0.496 e. The van der Waals surface area contributed by atoms with Crippen molar-refractivity contribution in [3.05, 3.63) is 29.3 Å². The van der Waals surface area contributed by atoms with Crippen LogP contribution in [0, 0.1) is 12.8 Å². The first kappa shape index (κ1) is 25.0. The molecule has 0 amide bonds. The molecule has 6 nitrogen and oxygen atoms in total. The number of methoxy groups -OCH3 is 2. The number of hydrogen-bond acceptors (Lipinski definition) is 4. The number of aryl methyl sites for hydroxylation is 1. The Morgan fingerprint density at radius 3 is 2.61 bits per heavy atom. The van der Waals surface area contributed by atoms with Crippen LogP contribution in [-0.2, 0) is 4.74 Å². The summed E-state index contributed by atoms with van der Waals surface area (Å²) in [6.07, 6.45) is 2.43. The Morgan fingerprint density at radius 2 is 2.00 bits per heavy atom. The second kappa shape index (κ2) is 13.2. The minimum absolute atomic E-state index is 0. The Morgan fingerprint density at radius 1 is 1.29 bits per heavy atom. The van der Waals surface area contributed by atoms with Crippen LogP contribution >= 0.6 is 24.0 Å². The molecule has 0 aliphatic carbocycles. The highest BCUT2D eigenvalue weighted by Gasteiger charge is 2.19. The second-order valence-corrected chi connectivity index (χ2v) is 7.34. The van der Waals surface area contributed by atoms with Crippen LogP contribution in [0.3, 0.4) is 0 Å². The van der Waals surface area contributed by atoms with Gasteiger partial charge >= 0.3 is 0 Å². The third-order valence-corrected chi connectivity index (χ3v) is 5.31. The van der Waals surface area contributed by atoms with E-state index in [4.69, 9.17) is 9.47 Å². The molecule has 2 rings (SSSR count). The monoisotopic (exact) mass is 504 g/mol. The van der Waals surface area contributed by atoms with Crippen molar-refractivity contribution in [3.8, 4) is 5.75 Å². The van der Waals surface area contributed by atoms with Gasteiger partial charge in [-0.3, -0.25) is 4.99 Å².